The third-order valence-corrected chi connectivity index (χ3v) is 3.27. The van der Waals surface area contributed by atoms with Gasteiger partial charge in [-0.2, -0.15) is 4.57 Å². The van der Waals surface area contributed by atoms with E-state index < -0.39 is 0 Å². The van der Waals surface area contributed by atoms with E-state index in [1.165, 1.54) is 17.7 Å². The van der Waals surface area contributed by atoms with Crippen molar-refractivity contribution in [1.82, 2.24) is 0 Å². The predicted octanol–water partition coefficient (Wildman–Crippen LogP) is 2.88. The summed E-state index contributed by atoms with van der Waals surface area (Å²) in [5, 5.41) is 2.77. The molecule has 1 heterocycles. The second-order valence-corrected chi connectivity index (χ2v) is 4.68. The van der Waals surface area contributed by atoms with Crippen LogP contribution in [0, 0.1) is 5.82 Å². The van der Waals surface area contributed by atoms with Gasteiger partial charge in [0, 0.05) is 24.7 Å². The average molecular weight is 273 g/mol. The lowest BCUT2D eigenvalue weighted by atomic mass is 10.2. The first-order valence-electron chi connectivity index (χ1n) is 6.66. The number of halogens is 1. The maximum absolute atomic E-state index is 12.8. The molecule has 104 valence electrons. The minimum Gasteiger partial charge on any atom is -0.320 e. The van der Waals surface area contributed by atoms with Crippen molar-refractivity contribution in [1.29, 1.82) is 0 Å². The molecule has 20 heavy (non-hydrogen) atoms. The normalized spacial score (nSPS) is 11.9. The SMILES string of the molecule is CCc1cc[n+]([C@H](C)C(=O)Nc2ccc(F)cc2)cc1. The molecule has 0 aliphatic carbocycles. The number of carbonyl (C=O) groups is 1. The van der Waals surface area contributed by atoms with E-state index in [1.54, 1.807) is 12.1 Å². The first-order valence-corrected chi connectivity index (χ1v) is 6.66. The summed E-state index contributed by atoms with van der Waals surface area (Å²) in [7, 11) is 0. The van der Waals surface area contributed by atoms with E-state index in [0.29, 0.717) is 5.69 Å². The van der Waals surface area contributed by atoms with Crippen LogP contribution in [0.15, 0.2) is 48.8 Å². The Morgan fingerprint density at radius 3 is 2.35 bits per heavy atom. The Morgan fingerprint density at radius 2 is 1.80 bits per heavy atom. The molecule has 4 heteroatoms. The van der Waals surface area contributed by atoms with E-state index in [0.717, 1.165) is 6.42 Å². The summed E-state index contributed by atoms with van der Waals surface area (Å²) < 4.78 is 14.6. The van der Waals surface area contributed by atoms with E-state index in [2.05, 4.69) is 12.2 Å². The van der Waals surface area contributed by atoms with Gasteiger partial charge in [0.1, 0.15) is 5.82 Å². The van der Waals surface area contributed by atoms with Gasteiger partial charge in [-0.3, -0.25) is 4.79 Å². The number of rotatable bonds is 4. The van der Waals surface area contributed by atoms with Crippen molar-refractivity contribution < 1.29 is 13.8 Å². The minimum atomic E-state index is -0.328. The van der Waals surface area contributed by atoms with Gasteiger partial charge >= 0.3 is 0 Å². The molecule has 2 aromatic rings. The van der Waals surface area contributed by atoms with Gasteiger partial charge in [0.05, 0.1) is 0 Å². The number of nitrogens with one attached hydrogen (secondary N) is 1. The Kier molecular flexibility index (Phi) is 4.45. The molecule has 0 fully saturated rings. The Hall–Kier alpha value is -2.23. The number of carbonyl (C=O) groups excluding carboxylic acids is 1. The fourth-order valence-corrected chi connectivity index (χ4v) is 1.88. The Balaban J connectivity index is 2.05. The molecule has 0 saturated carbocycles. The monoisotopic (exact) mass is 273 g/mol. The van der Waals surface area contributed by atoms with Crippen molar-refractivity contribution in [2.24, 2.45) is 0 Å². The molecule has 3 nitrogen and oxygen atoms in total. The Morgan fingerprint density at radius 1 is 1.20 bits per heavy atom. The molecule has 0 unspecified atom stereocenters. The largest absolute Gasteiger partial charge is 0.320 e. The fourth-order valence-electron chi connectivity index (χ4n) is 1.88. The van der Waals surface area contributed by atoms with Gasteiger partial charge in [-0.05, 0) is 36.2 Å². The number of amides is 1. The molecule has 1 amide bonds. The zero-order chi connectivity index (χ0) is 14.5. The highest BCUT2D eigenvalue weighted by Crippen LogP contribution is 2.10. The number of nitrogens with zero attached hydrogens (tertiary/aromatic N) is 1. The van der Waals surface area contributed by atoms with Crippen LogP contribution in [-0.2, 0) is 11.2 Å². The number of hydrogen-bond donors (Lipinski definition) is 1. The van der Waals surface area contributed by atoms with Crippen molar-refractivity contribution in [2.45, 2.75) is 26.3 Å². The number of anilines is 1. The summed E-state index contributed by atoms with van der Waals surface area (Å²) >= 11 is 0. The number of pyridine rings is 1. The van der Waals surface area contributed by atoms with Crippen LogP contribution in [0.5, 0.6) is 0 Å². The number of benzene rings is 1. The van der Waals surface area contributed by atoms with Crippen molar-refractivity contribution in [3.8, 4) is 0 Å². The maximum Gasteiger partial charge on any atom is 0.293 e. The topological polar surface area (TPSA) is 33.0 Å². The summed E-state index contributed by atoms with van der Waals surface area (Å²) in [4.78, 5) is 12.1. The van der Waals surface area contributed by atoms with Gasteiger partial charge in [-0.1, -0.05) is 6.92 Å². The number of aryl methyl sites for hydroxylation is 1. The third-order valence-electron chi connectivity index (χ3n) is 3.27. The Bertz CT molecular complexity index is 578. The smallest absolute Gasteiger partial charge is 0.293 e. The summed E-state index contributed by atoms with van der Waals surface area (Å²) in [5.41, 5.74) is 1.82. The van der Waals surface area contributed by atoms with Gasteiger partial charge in [0.15, 0.2) is 12.4 Å². The summed E-state index contributed by atoms with van der Waals surface area (Å²) in [6.07, 6.45) is 4.76. The third kappa shape index (κ3) is 3.41. The molecule has 2 rings (SSSR count). The van der Waals surface area contributed by atoms with Crippen LogP contribution in [0.25, 0.3) is 0 Å². The van der Waals surface area contributed by atoms with E-state index in [-0.39, 0.29) is 17.8 Å². The minimum absolute atomic E-state index is 0.133. The number of hydrogen-bond acceptors (Lipinski definition) is 1. The first kappa shape index (κ1) is 14.2. The molecule has 0 spiro atoms. The highest BCUT2D eigenvalue weighted by atomic mass is 19.1. The van der Waals surface area contributed by atoms with Crippen molar-refractivity contribution in [3.63, 3.8) is 0 Å². The maximum atomic E-state index is 12.8. The van der Waals surface area contributed by atoms with Gasteiger partial charge in [-0.25, -0.2) is 4.39 Å². The molecule has 0 bridgehead atoms. The van der Waals surface area contributed by atoms with Gasteiger partial charge < -0.3 is 5.32 Å². The number of aromatic nitrogens is 1. The molecule has 0 saturated heterocycles. The molecule has 1 N–H and O–H groups in total. The zero-order valence-corrected chi connectivity index (χ0v) is 11.6. The highest BCUT2D eigenvalue weighted by molar-refractivity contribution is 5.92. The summed E-state index contributed by atoms with van der Waals surface area (Å²) in [6, 6.07) is 9.41. The molecule has 1 atom stereocenters. The standard InChI is InChI=1S/C16H17FN2O/c1-3-13-8-10-19(11-9-13)12(2)16(20)18-15-6-4-14(17)5-7-15/h4-12H,3H2,1-2H3/p+1/t12-/m1/s1. The van der Waals surface area contributed by atoms with Crippen molar-refractivity contribution >= 4 is 11.6 Å². The van der Waals surface area contributed by atoms with E-state index in [1.807, 2.05) is 36.0 Å². The second kappa shape index (κ2) is 6.28. The molecule has 1 aromatic carbocycles. The molecule has 0 aliphatic heterocycles. The van der Waals surface area contributed by atoms with Crippen LogP contribution in [0.1, 0.15) is 25.5 Å². The van der Waals surface area contributed by atoms with Gasteiger partial charge in [-0.15, -0.1) is 0 Å². The Labute approximate surface area is 118 Å². The molecule has 0 radical (unpaired) electrons. The van der Waals surface area contributed by atoms with E-state index in [9.17, 15) is 9.18 Å². The van der Waals surface area contributed by atoms with Crippen LogP contribution in [0.2, 0.25) is 0 Å². The molecular formula is C16H18FN2O+. The average Bonchev–Trinajstić information content (AvgIpc) is 2.49. The highest BCUT2D eigenvalue weighted by Gasteiger charge is 2.21. The lowest BCUT2D eigenvalue weighted by molar-refractivity contribution is -0.705. The first-order chi connectivity index (χ1) is 9.60. The lowest BCUT2D eigenvalue weighted by Gasteiger charge is -2.09. The summed E-state index contributed by atoms with van der Waals surface area (Å²) in [5.74, 6) is -0.452. The van der Waals surface area contributed by atoms with Gasteiger partial charge in [0.25, 0.3) is 5.91 Å². The molecule has 1 aromatic heterocycles. The fraction of sp³-hybridized carbons (Fsp3) is 0.250. The predicted molar refractivity (Wildman–Crippen MR) is 75.8 cm³/mol. The van der Waals surface area contributed by atoms with Crippen LogP contribution in [-0.4, -0.2) is 5.91 Å². The second-order valence-electron chi connectivity index (χ2n) is 4.68. The van der Waals surface area contributed by atoms with E-state index >= 15 is 0 Å². The van der Waals surface area contributed by atoms with Gasteiger partial charge in [0.2, 0.25) is 6.04 Å². The summed E-state index contributed by atoms with van der Waals surface area (Å²) in [6.45, 7) is 3.91. The van der Waals surface area contributed by atoms with E-state index in [4.69, 9.17) is 0 Å². The molecular weight excluding hydrogens is 255 g/mol. The van der Waals surface area contributed by atoms with Crippen LogP contribution >= 0.6 is 0 Å². The van der Waals surface area contributed by atoms with Crippen molar-refractivity contribution in [3.05, 3.63) is 60.2 Å². The quantitative estimate of drug-likeness (QED) is 0.854. The van der Waals surface area contributed by atoms with Crippen LogP contribution in [0.4, 0.5) is 10.1 Å². The van der Waals surface area contributed by atoms with Crippen molar-refractivity contribution in [2.75, 3.05) is 5.32 Å². The lowest BCUT2D eigenvalue weighted by Crippen LogP contribution is -2.44. The van der Waals surface area contributed by atoms with Crippen LogP contribution < -0.4 is 9.88 Å². The zero-order valence-electron chi connectivity index (χ0n) is 11.6. The van der Waals surface area contributed by atoms with Crippen LogP contribution in [0.3, 0.4) is 0 Å². The molecule has 0 aliphatic rings.